The lowest BCUT2D eigenvalue weighted by Crippen LogP contribution is -1.93. The van der Waals surface area contributed by atoms with Crippen LogP contribution in [0.1, 0.15) is 32.0 Å². The molecule has 4 nitrogen and oxygen atoms in total. The van der Waals surface area contributed by atoms with Gasteiger partial charge in [0, 0.05) is 17.0 Å². The highest BCUT2D eigenvalue weighted by molar-refractivity contribution is 5.79. The lowest BCUT2D eigenvalue weighted by molar-refractivity contribution is 0.414. The molecule has 1 unspecified atom stereocenters. The van der Waals surface area contributed by atoms with E-state index in [9.17, 15) is 0 Å². The number of nitrogens with one attached hydrogen (secondary N) is 1. The number of rotatable bonds is 6. The molecule has 0 saturated carbocycles. The van der Waals surface area contributed by atoms with E-state index < -0.39 is 0 Å². The highest BCUT2D eigenvalue weighted by Gasteiger charge is 2.17. The van der Waals surface area contributed by atoms with Crippen LogP contribution in [-0.2, 0) is 0 Å². The van der Waals surface area contributed by atoms with Gasteiger partial charge in [0.25, 0.3) is 0 Å². The maximum atomic E-state index is 5.27. The summed E-state index contributed by atoms with van der Waals surface area (Å²) in [6.45, 7) is 4.36. The molecule has 4 heteroatoms. The molecule has 0 amide bonds. The molecule has 0 spiro atoms. The summed E-state index contributed by atoms with van der Waals surface area (Å²) in [5, 5.41) is 0. The Kier molecular flexibility index (Phi) is 5.08. The van der Waals surface area contributed by atoms with Gasteiger partial charge in [-0.25, -0.2) is 4.98 Å². The SMILES string of the molecule is CCC(C)c1nc(-c2ccc(OC)cc2)c(-c2ccc(OC)cc2)[nH]1. The first-order valence-electron chi connectivity index (χ1n) is 8.55. The lowest BCUT2D eigenvalue weighted by Gasteiger charge is -2.06. The average molecular weight is 336 g/mol. The highest BCUT2D eigenvalue weighted by Crippen LogP contribution is 2.34. The van der Waals surface area contributed by atoms with Crippen molar-refractivity contribution < 1.29 is 9.47 Å². The minimum atomic E-state index is 0.379. The van der Waals surface area contributed by atoms with E-state index in [0.717, 1.165) is 46.3 Å². The molecule has 0 aliphatic rings. The van der Waals surface area contributed by atoms with Crippen LogP contribution in [0.5, 0.6) is 11.5 Å². The normalized spacial score (nSPS) is 12.0. The standard InChI is InChI=1S/C21H24N2O2/c1-5-14(2)21-22-19(15-6-10-17(24-3)11-7-15)20(23-21)16-8-12-18(25-4)13-9-16/h6-14H,5H2,1-4H3,(H,22,23). The number of hydrogen-bond acceptors (Lipinski definition) is 3. The molecule has 130 valence electrons. The molecule has 0 radical (unpaired) electrons. The van der Waals surface area contributed by atoms with E-state index in [0.29, 0.717) is 5.92 Å². The largest absolute Gasteiger partial charge is 0.497 e. The smallest absolute Gasteiger partial charge is 0.118 e. The van der Waals surface area contributed by atoms with Gasteiger partial charge >= 0.3 is 0 Å². The van der Waals surface area contributed by atoms with Crippen molar-refractivity contribution in [3.8, 4) is 34.0 Å². The third-order valence-electron chi connectivity index (χ3n) is 4.54. The fraction of sp³-hybridized carbons (Fsp3) is 0.286. The Morgan fingerprint density at radius 2 is 1.40 bits per heavy atom. The molecule has 25 heavy (non-hydrogen) atoms. The Balaban J connectivity index is 2.09. The summed E-state index contributed by atoms with van der Waals surface area (Å²) in [6, 6.07) is 16.1. The van der Waals surface area contributed by atoms with Gasteiger partial charge in [-0.3, -0.25) is 0 Å². The number of H-pyrrole nitrogens is 1. The molecular formula is C21H24N2O2. The summed E-state index contributed by atoms with van der Waals surface area (Å²) in [7, 11) is 3.35. The molecule has 0 saturated heterocycles. The third kappa shape index (κ3) is 3.53. The minimum Gasteiger partial charge on any atom is -0.497 e. The Hall–Kier alpha value is -2.75. The highest BCUT2D eigenvalue weighted by atomic mass is 16.5. The van der Waals surface area contributed by atoms with Crippen LogP contribution < -0.4 is 9.47 Å². The van der Waals surface area contributed by atoms with E-state index in [1.165, 1.54) is 0 Å². The van der Waals surface area contributed by atoms with Crippen LogP contribution in [0.2, 0.25) is 0 Å². The zero-order valence-electron chi connectivity index (χ0n) is 15.2. The maximum Gasteiger partial charge on any atom is 0.118 e. The van der Waals surface area contributed by atoms with Gasteiger partial charge in [0.2, 0.25) is 0 Å². The summed E-state index contributed by atoms with van der Waals surface area (Å²) in [6.07, 6.45) is 1.04. The quantitative estimate of drug-likeness (QED) is 0.666. The van der Waals surface area contributed by atoms with Crippen molar-refractivity contribution in [2.45, 2.75) is 26.2 Å². The first-order valence-corrected chi connectivity index (χ1v) is 8.55. The number of aromatic nitrogens is 2. The number of hydrogen-bond donors (Lipinski definition) is 1. The van der Waals surface area contributed by atoms with Crippen LogP contribution in [0.3, 0.4) is 0 Å². The Morgan fingerprint density at radius 3 is 1.88 bits per heavy atom. The van der Waals surface area contributed by atoms with Gasteiger partial charge in [0.05, 0.1) is 25.6 Å². The summed E-state index contributed by atoms with van der Waals surface area (Å²) in [5.41, 5.74) is 4.15. The van der Waals surface area contributed by atoms with Crippen LogP contribution in [0, 0.1) is 0 Å². The minimum absolute atomic E-state index is 0.379. The summed E-state index contributed by atoms with van der Waals surface area (Å²) in [4.78, 5) is 8.43. The van der Waals surface area contributed by atoms with Gasteiger partial charge in [0.15, 0.2) is 0 Å². The van der Waals surface area contributed by atoms with Crippen molar-refractivity contribution in [1.29, 1.82) is 0 Å². The van der Waals surface area contributed by atoms with Crippen LogP contribution in [0.15, 0.2) is 48.5 Å². The van der Waals surface area contributed by atoms with Crippen molar-refractivity contribution in [3.63, 3.8) is 0 Å². The number of methoxy groups -OCH3 is 2. The van der Waals surface area contributed by atoms with Gasteiger partial charge in [-0.05, 0) is 55.0 Å². The number of imidazole rings is 1. The molecule has 1 aromatic heterocycles. The van der Waals surface area contributed by atoms with Crippen LogP contribution in [0.4, 0.5) is 0 Å². The molecule has 0 bridgehead atoms. The maximum absolute atomic E-state index is 5.27. The van der Waals surface area contributed by atoms with Crippen molar-refractivity contribution in [1.82, 2.24) is 9.97 Å². The Labute approximate surface area is 148 Å². The molecule has 0 aliphatic carbocycles. The number of benzene rings is 2. The molecule has 2 aromatic carbocycles. The average Bonchev–Trinajstić information content (AvgIpc) is 3.13. The van der Waals surface area contributed by atoms with Crippen molar-refractivity contribution in [2.75, 3.05) is 14.2 Å². The summed E-state index contributed by atoms with van der Waals surface area (Å²) >= 11 is 0. The zero-order valence-corrected chi connectivity index (χ0v) is 15.2. The predicted octanol–water partition coefficient (Wildman–Crippen LogP) is 5.27. The fourth-order valence-electron chi connectivity index (χ4n) is 2.74. The predicted molar refractivity (Wildman–Crippen MR) is 101 cm³/mol. The molecule has 0 aliphatic heterocycles. The molecule has 3 rings (SSSR count). The van der Waals surface area contributed by atoms with Gasteiger partial charge in [-0.1, -0.05) is 13.8 Å². The van der Waals surface area contributed by atoms with E-state index in [1.807, 2.05) is 36.4 Å². The lowest BCUT2D eigenvalue weighted by atomic mass is 10.0. The Morgan fingerprint density at radius 1 is 0.880 bits per heavy atom. The van der Waals surface area contributed by atoms with Gasteiger partial charge in [-0.15, -0.1) is 0 Å². The van der Waals surface area contributed by atoms with E-state index in [4.69, 9.17) is 14.5 Å². The van der Waals surface area contributed by atoms with Gasteiger partial charge < -0.3 is 14.5 Å². The van der Waals surface area contributed by atoms with E-state index >= 15 is 0 Å². The molecule has 1 heterocycles. The van der Waals surface area contributed by atoms with Gasteiger partial charge in [0.1, 0.15) is 17.3 Å². The van der Waals surface area contributed by atoms with Crippen LogP contribution in [-0.4, -0.2) is 24.2 Å². The van der Waals surface area contributed by atoms with E-state index in [-0.39, 0.29) is 0 Å². The van der Waals surface area contributed by atoms with Crippen LogP contribution >= 0.6 is 0 Å². The molecule has 3 aromatic rings. The molecule has 1 atom stereocenters. The monoisotopic (exact) mass is 336 g/mol. The number of ether oxygens (including phenoxy) is 2. The second-order valence-corrected chi connectivity index (χ2v) is 6.11. The topological polar surface area (TPSA) is 47.1 Å². The molecular weight excluding hydrogens is 312 g/mol. The molecule has 1 N–H and O–H groups in total. The van der Waals surface area contributed by atoms with Crippen molar-refractivity contribution in [3.05, 3.63) is 54.4 Å². The summed E-state index contributed by atoms with van der Waals surface area (Å²) in [5.74, 6) is 3.08. The van der Waals surface area contributed by atoms with Crippen LogP contribution in [0.25, 0.3) is 22.5 Å². The first kappa shape index (κ1) is 17.1. The van der Waals surface area contributed by atoms with Crippen molar-refractivity contribution in [2.24, 2.45) is 0 Å². The summed E-state index contributed by atoms with van der Waals surface area (Å²) < 4.78 is 10.5. The zero-order chi connectivity index (χ0) is 17.8. The van der Waals surface area contributed by atoms with E-state index in [1.54, 1.807) is 14.2 Å². The second kappa shape index (κ2) is 7.43. The number of aromatic amines is 1. The molecule has 0 fully saturated rings. The van der Waals surface area contributed by atoms with Gasteiger partial charge in [-0.2, -0.15) is 0 Å². The van der Waals surface area contributed by atoms with E-state index in [2.05, 4.69) is 31.0 Å². The third-order valence-corrected chi connectivity index (χ3v) is 4.54. The van der Waals surface area contributed by atoms with Crippen molar-refractivity contribution >= 4 is 0 Å². The second-order valence-electron chi connectivity index (χ2n) is 6.11. The Bertz CT molecular complexity index is 755. The number of nitrogens with zero attached hydrogens (tertiary/aromatic N) is 1. The fourth-order valence-corrected chi connectivity index (χ4v) is 2.74. The first-order chi connectivity index (χ1) is 12.2.